The molecule has 0 amide bonds. The number of carboxylic acids is 1. The van der Waals surface area contributed by atoms with Gasteiger partial charge in [0, 0.05) is 19.3 Å². The normalized spacial score (nSPS) is 14.0. The molecule has 0 heterocycles. The van der Waals surface area contributed by atoms with E-state index in [1.807, 2.05) is 0 Å². The van der Waals surface area contributed by atoms with Gasteiger partial charge in [-0.25, -0.2) is 0 Å². The molecule has 8 heteroatoms. The van der Waals surface area contributed by atoms with Crippen LogP contribution in [0.1, 0.15) is 162 Å². The highest BCUT2D eigenvalue weighted by Gasteiger charge is 2.25. The average Bonchev–Trinajstić information content (AvgIpc) is 3.28. The molecular weight excluding hydrogens is 823 g/mol. The lowest BCUT2D eigenvalue weighted by atomic mass is 10.1. The second kappa shape index (κ2) is 47.0. The minimum Gasteiger partial charge on any atom is -0.544 e. The number of rotatable bonds is 43. The smallest absolute Gasteiger partial charge is 0.306 e. The molecular formula is C58H91NO7. The Kier molecular flexibility index (Phi) is 43.8. The largest absolute Gasteiger partial charge is 0.544 e. The van der Waals surface area contributed by atoms with E-state index in [2.05, 4.69) is 148 Å². The monoisotopic (exact) mass is 914 g/mol. The molecule has 0 aliphatic carbocycles. The Morgan fingerprint density at radius 2 is 0.833 bits per heavy atom. The van der Waals surface area contributed by atoms with Crippen molar-refractivity contribution in [2.24, 2.45) is 0 Å². The number of ether oxygens (including phenoxy) is 3. The topological polar surface area (TPSA) is 102 Å². The van der Waals surface area contributed by atoms with Crippen molar-refractivity contribution in [3.05, 3.63) is 134 Å². The zero-order valence-corrected chi connectivity index (χ0v) is 42.0. The number of quaternary nitrogens is 1. The zero-order chi connectivity index (χ0) is 48.4. The van der Waals surface area contributed by atoms with E-state index in [-0.39, 0.29) is 55.5 Å². The first-order valence-electron chi connectivity index (χ1n) is 25.2. The molecule has 0 aliphatic heterocycles. The molecule has 0 saturated heterocycles. The maximum Gasteiger partial charge on any atom is 0.306 e. The van der Waals surface area contributed by atoms with Crippen LogP contribution in [0.3, 0.4) is 0 Å². The van der Waals surface area contributed by atoms with Crippen molar-refractivity contribution < 1.29 is 38.2 Å². The first kappa shape index (κ1) is 61.5. The van der Waals surface area contributed by atoms with E-state index >= 15 is 0 Å². The Labute approximate surface area is 403 Å². The number of unbranched alkanes of at least 4 members (excludes halogenated alkanes) is 7. The van der Waals surface area contributed by atoms with Crippen LogP contribution in [0.5, 0.6) is 0 Å². The number of aliphatic carboxylic acids is 1. The Hall–Kier alpha value is -4.53. The minimum atomic E-state index is -1.14. The predicted octanol–water partition coefficient (Wildman–Crippen LogP) is 13.4. The lowest BCUT2D eigenvalue weighted by molar-refractivity contribution is -0.889. The van der Waals surface area contributed by atoms with Crippen molar-refractivity contribution in [1.82, 2.24) is 0 Å². The summed E-state index contributed by atoms with van der Waals surface area (Å²) in [6.45, 7) is 4.40. The molecule has 0 rings (SSSR count). The van der Waals surface area contributed by atoms with Crippen LogP contribution in [0.2, 0.25) is 0 Å². The zero-order valence-electron chi connectivity index (χ0n) is 42.0. The van der Waals surface area contributed by atoms with Gasteiger partial charge in [-0.15, -0.1) is 0 Å². The highest BCUT2D eigenvalue weighted by Crippen LogP contribution is 2.11. The van der Waals surface area contributed by atoms with Gasteiger partial charge in [0.1, 0.15) is 12.6 Å². The number of allylic oxidation sites excluding steroid dienone is 22. The van der Waals surface area contributed by atoms with Crippen molar-refractivity contribution in [1.29, 1.82) is 0 Å². The molecule has 66 heavy (non-hydrogen) atoms. The maximum atomic E-state index is 12.8. The van der Waals surface area contributed by atoms with Gasteiger partial charge in [0.25, 0.3) is 0 Å². The Bertz CT molecular complexity index is 1530. The summed E-state index contributed by atoms with van der Waals surface area (Å²) in [6.07, 6.45) is 67.7. The van der Waals surface area contributed by atoms with Gasteiger partial charge in [0.15, 0.2) is 6.10 Å². The number of hydrogen-bond donors (Lipinski definition) is 0. The van der Waals surface area contributed by atoms with Gasteiger partial charge in [-0.05, 0) is 116 Å². The maximum absolute atomic E-state index is 12.8. The van der Waals surface area contributed by atoms with Gasteiger partial charge in [0.2, 0.25) is 0 Å². The van der Waals surface area contributed by atoms with Crippen molar-refractivity contribution in [3.63, 3.8) is 0 Å². The molecule has 0 aromatic heterocycles. The number of carboxylic acid groups (broad SMARTS) is 1. The predicted molar refractivity (Wildman–Crippen MR) is 277 cm³/mol. The van der Waals surface area contributed by atoms with Crippen molar-refractivity contribution in [3.8, 4) is 0 Å². The van der Waals surface area contributed by atoms with E-state index < -0.39 is 18.1 Å². The number of esters is 2. The van der Waals surface area contributed by atoms with Crippen LogP contribution in [0.15, 0.2) is 134 Å². The second-order valence-electron chi connectivity index (χ2n) is 17.3. The van der Waals surface area contributed by atoms with Crippen molar-refractivity contribution >= 4 is 17.9 Å². The summed E-state index contributed by atoms with van der Waals surface area (Å²) < 4.78 is 17.1. The summed E-state index contributed by atoms with van der Waals surface area (Å²) >= 11 is 0. The fourth-order valence-electron chi connectivity index (χ4n) is 6.38. The Morgan fingerprint density at radius 1 is 0.470 bits per heavy atom. The van der Waals surface area contributed by atoms with Crippen molar-refractivity contribution in [2.75, 3.05) is 41.0 Å². The molecule has 2 unspecified atom stereocenters. The van der Waals surface area contributed by atoms with Gasteiger partial charge in [0.05, 0.1) is 40.3 Å². The molecule has 0 radical (unpaired) electrons. The lowest BCUT2D eigenvalue weighted by Crippen LogP contribution is -2.55. The summed E-state index contributed by atoms with van der Waals surface area (Å²) in [7, 11) is 5.37. The number of carbonyl (C=O) groups is 3. The number of hydrogen-bond acceptors (Lipinski definition) is 7. The summed E-state index contributed by atoms with van der Waals surface area (Å²) in [4.78, 5) is 37.0. The highest BCUT2D eigenvalue weighted by molar-refractivity contribution is 5.70. The van der Waals surface area contributed by atoms with Crippen LogP contribution in [0.4, 0.5) is 0 Å². The first-order valence-corrected chi connectivity index (χ1v) is 25.2. The minimum absolute atomic E-state index is 0.00116. The van der Waals surface area contributed by atoms with E-state index in [4.69, 9.17) is 14.2 Å². The summed E-state index contributed by atoms with van der Waals surface area (Å²) in [5, 5.41) is 11.7. The molecule has 0 saturated carbocycles. The van der Waals surface area contributed by atoms with Gasteiger partial charge in [-0.1, -0.05) is 160 Å². The molecule has 0 spiro atoms. The Morgan fingerprint density at radius 3 is 1.20 bits per heavy atom. The summed E-state index contributed by atoms with van der Waals surface area (Å²) in [5.74, 6) is -1.87. The van der Waals surface area contributed by atoms with Crippen LogP contribution in [0.25, 0.3) is 0 Å². The third-order valence-electron chi connectivity index (χ3n) is 10.3. The molecule has 0 N–H and O–H groups in total. The molecule has 0 aromatic carbocycles. The Balaban J connectivity index is 4.48. The van der Waals surface area contributed by atoms with E-state index in [1.54, 1.807) is 21.1 Å². The summed E-state index contributed by atoms with van der Waals surface area (Å²) in [5.41, 5.74) is 0. The van der Waals surface area contributed by atoms with E-state index in [9.17, 15) is 19.5 Å². The SMILES string of the molecule is CC/C=C/C/C=C/C/C=C/C/C=C/C/C=C/C/C=C/CCCCC(=O)OCC(COCCC(C(=O)[O-])[N+](C)(C)C)OC(=O)CCCC/C=C/C/C=C/C/C=C/C/C=C/C/C=C/CCCCC. The van der Waals surface area contributed by atoms with Gasteiger partial charge < -0.3 is 28.6 Å². The number of carbonyl (C=O) groups excluding carboxylic acids is 3. The number of likely N-dealkylation sites (N-methyl/N-ethyl adjacent to an activating group) is 1. The van der Waals surface area contributed by atoms with Gasteiger partial charge >= 0.3 is 11.9 Å². The van der Waals surface area contributed by atoms with Crippen molar-refractivity contribution in [2.45, 2.75) is 174 Å². The fourth-order valence-corrected chi connectivity index (χ4v) is 6.38. The molecule has 2 atom stereocenters. The summed E-state index contributed by atoms with van der Waals surface area (Å²) in [6, 6.07) is -0.751. The average molecular weight is 914 g/mol. The fraction of sp³-hybridized carbons (Fsp3) is 0.569. The molecule has 0 bridgehead atoms. The molecule has 370 valence electrons. The molecule has 0 fully saturated rings. The van der Waals surface area contributed by atoms with E-state index in [1.165, 1.54) is 25.7 Å². The van der Waals surface area contributed by atoms with Crippen LogP contribution >= 0.6 is 0 Å². The number of nitrogens with zero attached hydrogens (tertiary/aromatic N) is 1. The van der Waals surface area contributed by atoms with E-state index in [0.717, 1.165) is 89.9 Å². The van der Waals surface area contributed by atoms with Crippen LogP contribution in [0, 0.1) is 0 Å². The van der Waals surface area contributed by atoms with Crippen LogP contribution in [-0.4, -0.2) is 75.5 Å². The van der Waals surface area contributed by atoms with Gasteiger partial charge in [-0.2, -0.15) is 0 Å². The standard InChI is InChI=1S/C58H91NO7/c1-6-8-10-12-14-16-18-20-22-24-26-28-30-32-34-36-38-40-42-44-46-48-56(60)65-53-54(52-64-51-50-55(58(62)63)59(3,4)5)66-57(61)49-47-45-43-41-39-37-35-33-31-29-27-25-23-21-19-17-15-13-11-9-7-2/h8,10,14-17,20-23,26-29,32-35,38-41,54-55H,6-7,9,11-13,18-19,24-25,30-31,36-37,42-53H2,1-5H3/b10-8+,16-14+,17-15+,22-20+,23-21+,28-26+,29-27+,34-32+,35-33+,40-38+,41-39+. The third-order valence-corrected chi connectivity index (χ3v) is 10.3. The quantitative estimate of drug-likeness (QED) is 0.0260. The first-order chi connectivity index (χ1) is 32.1. The van der Waals surface area contributed by atoms with Gasteiger partial charge in [-0.3, -0.25) is 9.59 Å². The third kappa shape index (κ3) is 44.7. The van der Waals surface area contributed by atoms with Crippen LogP contribution < -0.4 is 5.11 Å². The molecule has 8 nitrogen and oxygen atoms in total. The second-order valence-corrected chi connectivity index (χ2v) is 17.3. The molecule has 0 aliphatic rings. The lowest BCUT2D eigenvalue weighted by Gasteiger charge is -2.34. The van der Waals surface area contributed by atoms with Crippen LogP contribution in [-0.2, 0) is 28.6 Å². The molecule has 0 aromatic rings. The van der Waals surface area contributed by atoms with E-state index in [0.29, 0.717) is 12.8 Å². The highest BCUT2D eigenvalue weighted by atomic mass is 16.6.